The van der Waals surface area contributed by atoms with Crippen molar-refractivity contribution >= 4 is 12.0 Å². The monoisotopic (exact) mass is 240 g/mol. The molecule has 4 nitrogen and oxygen atoms in total. The van der Waals surface area contributed by atoms with Gasteiger partial charge in [-0.05, 0) is 23.8 Å². The number of halogens is 1. The molecule has 0 aliphatic rings. The summed E-state index contributed by atoms with van der Waals surface area (Å²) < 4.78 is 27.5. The number of ether oxygens (including phenoxy) is 3. The van der Waals surface area contributed by atoms with Crippen LogP contribution in [-0.4, -0.2) is 27.3 Å². The fourth-order valence-electron chi connectivity index (χ4n) is 1.22. The molecule has 0 atom stereocenters. The van der Waals surface area contributed by atoms with Crippen LogP contribution in [0.25, 0.3) is 6.08 Å². The molecule has 1 aromatic carbocycles. The van der Waals surface area contributed by atoms with Crippen molar-refractivity contribution in [1.82, 2.24) is 0 Å². The average molecular weight is 240 g/mol. The zero-order valence-electron chi connectivity index (χ0n) is 9.82. The quantitative estimate of drug-likeness (QED) is 0.597. The van der Waals surface area contributed by atoms with E-state index in [2.05, 4.69) is 4.74 Å². The minimum absolute atomic E-state index is 0.448. The maximum Gasteiger partial charge on any atom is 0.366 e. The summed E-state index contributed by atoms with van der Waals surface area (Å²) in [5, 5.41) is 0. The number of carbonyl (C=O) groups excluding carboxylic acids is 1. The Morgan fingerprint density at radius 1 is 1.12 bits per heavy atom. The molecule has 1 rings (SSSR count). The van der Waals surface area contributed by atoms with Crippen molar-refractivity contribution in [2.24, 2.45) is 0 Å². The largest absolute Gasteiger partial charge is 0.497 e. The van der Waals surface area contributed by atoms with Crippen LogP contribution in [0.5, 0.6) is 11.5 Å². The van der Waals surface area contributed by atoms with E-state index >= 15 is 0 Å². The third-order valence-corrected chi connectivity index (χ3v) is 2.05. The topological polar surface area (TPSA) is 44.8 Å². The van der Waals surface area contributed by atoms with Gasteiger partial charge in [-0.3, -0.25) is 0 Å². The van der Waals surface area contributed by atoms with Crippen LogP contribution >= 0.6 is 0 Å². The molecule has 92 valence electrons. The molecule has 17 heavy (non-hydrogen) atoms. The van der Waals surface area contributed by atoms with Crippen molar-refractivity contribution in [1.29, 1.82) is 0 Å². The summed E-state index contributed by atoms with van der Waals surface area (Å²) in [6.45, 7) is 0. The van der Waals surface area contributed by atoms with Crippen molar-refractivity contribution in [2.75, 3.05) is 21.3 Å². The zero-order valence-corrected chi connectivity index (χ0v) is 9.82. The summed E-state index contributed by atoms with van der Waals surface area (Å²) in [5.41, 5.74) is 0.448. The van der Waals surface area contributed by atoms with Gasteiger partial charge in [0, 0.05) is 6.07 Å². The highest BCUT2D eigenvalue weighted by Gasteiger charge is 2.09. The Morgan fingerprint density at radius 2 is 1.65 bits per heavy atom. The molecule has 0 spiro atoms. The van der Waals surface area contributed by atoms with Crippen molar-refractivity contribution < 1.29 is 23.4 Å². The molecule has 0 aliphatic heterocycles. The first kappa shape index (κ1) is 13.0. The van der Waals surface area contributed by atoms with Gasteiger partial charge in [0.1, 0.15) is 11.5 Å². The fraction of sp³-hybridized carbons (Fsp3) is 0.250. The lowest BCUT2D eigenvalue weighted by Gasteiger charge is -2.05. The first-order valence-electron chi connectivity index (χ1n) is 4.79. The number of hydrogen-bond donors (Lipinski definition) is 0. The number of rotatable bonds is 4. The summed E-state index contributed by atoms with van der Waals surface area (Å²) in [4.78, 5) is 10.9. The van der Waals surface area contributed by atoms with Crippen molar-refractivity contribution in [3.05, 3.63) is 29.6 Å². The van der Waals surface area contributed by atoms with Crippen LogP contribution in [0.2, 0.25) is 0 Å². The molecule has 5 heteroatoms. The Kier molecular flexibility index (Phi) is 4.51. The van der Waals surface area contributed by atoms with Crippen LogP contribution in [0.3, 0.4) is 0 Å². The lowest BCUT2D eigenvalue weighted by atomic mass is 10.2. The van der Waals surface area contributed by atoms with Gasteiger partial charge in [0.25, 0.3) is 0 Å². The highest BCUT2D eigenvalue weighted by molar-refractivity contribution is 5.91. The van der Waals surface area contributed by atoms with Crippen molar-refractivity contribution in [2.45, 2.75) is 0 Å². The normalized spacial score (nSPS) is 10.9. The Balaban J connectivity index is 3.09. The average Bonchev–Trinajstić information content (AvgIpc) is 2.36. The molecule has 0 unspecified atom stereocenters. The van der Waals surface area contributed by atoms with E-state index in [0.717, 1.165) is 13.2 Å². The number of hydrogen-bond acceptors (Lipinski definition) is 4. The predicted octanol–water partition coefficient (Wildman–Crippen LogP) is 2.19. The minimum atomic E-state index is -1.02. The van der Waals surface area contributed by atoms with Gasteiger partial charge < -0.3 is 14.2 Å². The van der Waals surface area contributed by atoms with Crippen LogP contribution in [0, 0.1) is 0 Å². The number of carbonyl (C=O) groups is 1. The molecule has 0 saturated carbocycles. The van der Waals surface area contributed by atoms with E-state index in [-0.39, 0.29) is 0 Å². The summed E-state index contributed by atoms with van der Waals surface area (Å²) in [7, 11) is 4.08. The fourth-order valence-corrected chi connectivity index (χ4v) is 1.22. The van der Waals surface area contributed by atoms with Crippen LogP contribution in [-0.2, 0) is 9.53 Å². The van der Waals surface area contributed by atoms with Gasteiger partial charge in [0.05, 0.1) is 21.3 Å². The van der Waals surface area contributed by atoms with Crippen LogP contribution in [0.1, 0.15) is 5.56 Å². The predicted molar refractivity (Wildman–Crippen MR) is 60.6 cm³/mol. The molecule has 0 fully saturated rings. The second kappa shape index (κ2) is 5.89. The molecule has 0 amide bonds. The van der Waals surface area contributed by atoms with Gasteiger partial charge in [-0.15, -0.1) is 0 Å². The number of methoxy groups -OCH3 is 3. The van der Waals surface area contributed by atoms with Gasteiger partial charge in [0.2, 0.25) is 5.83 Å². The van der Waals surface area contributed by atoms with E-state index in [1.807, 2.05) is 0 Å². The molecular formula is C12H13FO4. The SMILES string of the molecule is COC(=O)/C(F)=C/c1cc(OC)cc(OC)c1. The molecule has 0 aromatic heterocycles. The summed E-state index contributed by atoms with van der Waals surface area (Å²) in [5.74, 6) is -0.990. The van der Waals surface area contributed by atoms with Crippen molar-refractivity contribution in [3.8, 4) is 11.5 Å². The lowest BCUT2D eigenvalue weighted by Crippen LogP contribution is -2.00. The lowest BCUT2D eigenvalue weighted by molar-refractivity contribution is -0.137. The van der Waals surface area contributed by atoms with Crippen LogP contribution < -0.4 is 9.47 Å². The Bertz CT molecular complexity index is 418. The molecule has 0 N–H and O–H groups in total. The Labute approximate surface area is 98.6 Å². The molecule has 0 radical (unpaired) electrons. The molecule has 0 bridgehead atoms. The standard InChI is InChI=1S/C12H13FO4/c1-15-9-4-8(5-10(7-9)16-2)6-11(13)12(14)17-3/h4-7H,1-3H3/b11-6-. The van der Waals surface area contributed by atoms with Crippen LogP contribution in [0.4, 0.5) is 4.39 Å². The van der Waals surface area contributed by atoms with Gasteiger partial charge >= 0.3 is 5.97 Å². The smallest absolute Gasteiger partial charge is 0.366 e. The van der Waals surface area contributed by atoms with E-state index < -0.39 is 11.8 Å². The summed E-state index contributed by atoms with van der Waals surface area (Å²) in [6.07, 6.45) is 1.05. The Morgan fingerprint density at radius 3 is 2.06 bits per heavy atom. The van der Waals surface area contributed by atoms with Crippen molar-refractivity contribution in [3.63, 3.8) is 0 Å². The molecular weight excluding hydrogens is 227 g/mol. The van der Waals surface area contributed by atoms with E-state index in [1.54, 1.807) is 18.2 Å². The maximum absolute atomic E-state index is 13.3. The zero-order chi connectivity index (χ0) is 12.8. The van der Waals surface area contributed by atoms with Crippen LogP contribution in [0.15, 0.2) is 24.0 Å². The number of benzene rings is 1. The maximum atomic E-state index is 13.3. The van der Waals surface area contributed by atoms with Gasteiger partial charge in [-0.1, -0.05) is 0 Å². The first-order valence-corrected chi connectivity index (χ1v) is 4.79. The molecule has 1 aromatic rings. The van der Waals surface area contributed by atoms with E-state index in [9.17, 15) is 9.18 Å². The van der Waals surface area contributed by atoms with E-state index in [1.165, 1.54) is 14.2 Å². The van der Waals surface area contributed by atoms with Gasteiger partial charge in [-0.2, -0.15) is 4.39 Å². The van der Waals surface area contributed by atoms with E-state index in [0.29, 0.717) is 17.1 Å². The molecule has 0 saturated heterocycles. The summed E-state index contributed by atoms with van der Waals surface area (Å²) in [6, 6.07) is 4.80. The highest BCUT2D eigenvalue weighted by atomic mass is 19.1. The van der Waals surface area contributed by atoms with E-state index in [4.69, 9.17) is 9.47 Å². The first-order chi connectivity index (χ1) is 8.10. The third-order valence-electron chi connectivity index (χ3n) is 2.05. The second-order valence-corrected chi connectivity index (χ2v) is 3.13. The molecule has 0 heterocycles. The highest BCUT2D eigenvalue weighted by Crippen LogP contribution is 2.24. The number of esters is 1. The molecule has 0 aliphatic carbocycles. The second-order valence-electron chi connectivity index (χ2n) is 3.13. The third kappa shape index (κ3) is 3.48. The minimum Gasteiger partial charge on any atom is -0.497 e. The van der Waals surface area contributed by atoms with Gasteiger partial charge in [0.15, 0.2) is 0 Å². The van der Waals surface area contributed by atoms with Gasteiger partial charge in [-0.25, -0.2) is 4.79 Å². The summed E-state index contributed by atoms with van der Waals surface area (Å²) >= 11 is 0. The Hall–Kier alpha value is -2.04.